The molecule has 8 heteroatoms. The third-order valence-corrected chi connectivity index (χ3v) is 5.45. The molecule has 0 aliphatic heterocycles. The SMILES string of the molecule is C[Si](C)(C)CCOCn1cc(/C=C(\N=[N+]=[N-])C(N)=O)c2ccccc21. The van der Waals surface area contributed by atoms with E-state index in [4.69, 9.17) is 16.0 Å². The Bertz CT molecular complexity index is 840. The van der Waals surface area contributed by atoms with Crippen LogP contribution in [0.4, 0.5) is 0 Å². The zero-order valence-corrected chi connectivity index (χ0v) is 15.8. The summed E-state index contributed by atoms with van der Waals surface area (Å²) in [5, 5.41) is 4.30. The van der Waals surface area contributed by atoms with Crippen LogP contribution in [0.25, 0.3) is 27.4 Å². The van der Waals surface area contributed by atoms with Crippen LogP contribution in [-0.2, 0) is 16.3 Å². The van der Waals surface area contributed by atoms with E-state index < -0.39 is 14.0 Å². The van der Waals surface area contributed by atoms with E-state index >= 15 is 0 Å². The minimum Gasteiger partial charge on any atom is -0.366 e. The lowest BCUT2D eigenvalue weighted by atomic mass is 10.1. The maximum absolute atomic E-state index is 11.4. The summed E-state index contributed by atoms with van der Waals surface area (Å²) in [7, 11) is -1.13. The number of carbonyl (C=O) groups is 1. The number of fused-ring (bicyclic) bond motifs is 1. The van der Waals surface area contributed by atoms with Crippen molar-refractivity contribution in [1.29, 1.82) is 0 Å². The molecule has 0 saturated carbocycles. The van der Waals surface area contributed by atoms with Gasteiger partial charge in [0, 0.05) is 36.7 Å². The molecule has 7 nitrogen and oxygen atoms in total. The first-order chi connectivity index (χ1) is 11.8. The summed E-state index contributed by atoms with van der Waals surface area (Å²) in [6, 6.07) is 8.87. The Kier molecular flexibility index (Phi) is 6.03. The van der Waals surface area contributed by atoms with Gasteiger partial charge >= 0.3 is 0 Å². The number of nitrogens with zero attached hydrogens (tertiary/aromatic N) is 4. The van der Waals surface area contributed by atoms with Gasteiger partial charge in [0.25, 0.3) is 5.91 Å². The fourth-order valence-electron chi connectivity index (χ4n) is 2.38. The van der Waals surface area contributed by atoms with Crippen LogP contribution in [0.2, 0.25) is 25.7 Å². The second-order valence-corrected chi connectivity index (χ2v) is 12.6. The molecular formula is C17H23N5O2Si. The third-order valence-electron chi connectivity index (χ3n) is 3.74. The van der Waals surface area contributed by atoms with Gasteiger partial charge in [-0.05, 0) is 23.7 Å². The van der Waals surface area contributed by atoms with E-state index in [9.17, 15) is 4.79 Å². The lowest BCUT2D eigenvalue weighted by Crippen LogP contribution is -2.21. The van der Waals surface area contributed by atoms with Crippen molar-refractivity contribution in [2.45, 2.75) is 32.4 Å². The summed E-state index contributed by atoms with van der Waals surface area (Å²) in [5.41, 5.74) is 15.5. The largest absolute Gasteiger partial charge is 0.366 e. The van der Waals surface area contributed by atoms with E-state index in [2.05, 4.69) is 29.7 Å². The van der Waals surface area contributed by atoms with Gasteiger partial charge < -0.3 is 15.0 Å². The van der Waals surface area contributed by atoms with Crippen LogP contribution in [0.1, 0.15) is 5.56 Å². The Balaban J connectivity index is 2.29. The normalized spacial score (nSPS) is 12.2. The van der Waals surface area contributed by atoms with Gasteiger partial charge in [0.1, 0.15) is 12.4 Å². The molecule has 0 radical (unpaired) electrons. The molecule has 0 aliphatic carbocycles. The Morgan fingerprint density at radius 3 is 2.76 bits per heavy atom. The maximum Gasteiger partial charge on any atom is 0.251 e. The minimum absolute atomic E-state index is 0.120. The average molecular weight is 357 g/mol. The highest BCUT2D eigenvalue weighted by Crippen LogP contribution is 2.24. The molecule has 1 amide bonds. The number of rotatable bonds is 8. The number of hydrogen-bond acceptors (Lipinski definition) is 3. The molecule has 0 bridgehead atoms. The summed E-state index contributed by atoms with van der Waals surface area (Å²) in [4.78, 5) is 14.1. The zero-order chi connectivity index (χ0) is 18.4. The number of aromatic nitrogens is 1. The highest BCUT2D eigenvalue weighted by molar-refractivity contribution is 6.76. The number of primary amides is 1. The Labute approximate surface area is 147 Å². The summed E-state index contributed by atoms with van der Waals surface area (Å²) in [5.74, 6) is -0.763. The van der Waals surface area contributed by atoms with Gasteiger partial charge in [-0.3, -0.25) is 4.79 Å². The maximum atomic E-state index is 11.4. The number of hydrogen-bond donors (Lipinski definition) is 1. The van der Waals surface area contributed by atoms with E-state index in [0.717, 1.165) is 29.1 Å². The smallest absolute Gasteiger partial charge is 0.251 e. The molecule has 25 heavy (non-hydrogen) atoms. The topological polar surface area (TPSA) is 106 Å². The summed E-state index contributed by atoms with van der Waals surface area (Å²) >= 11 is 0. The molecule has 0 spiro atoms. The molecule has 0 atom stereocenters. The Morgan fingerprint density at radius 2 is 2.12 bits per heavy atom. The number of amides is 1. The van der Waals surface area contributed by atoms with Crippen molar-refractivity contribution in [1.82, 2.24) is 4.57 Å². The summed E-state index contributed by atoms with van der Waals surface area (Å²) in [6.45, 7) is 8.08. The van der Waals surface area contributed by atoms with Gasteiger partial charge in [-0.25, -0.2) is 0 Å². The number of nitrogens with two attached hydrogens (primary N) is 1. The Morgan fingerprint density at radius 1 is 1.40 bits per heavy atom. The van der Waals surface area contributed by atoms with Gasteiger partial charge in [-0.1, -0.05) is 43.0 Å². The van der Waals surface area contributed by atoms with E-state index in [1.54, 1.807) is 0 Å². The van der Waals surface area contributed by atoms with Crippen LogP contribution in [0.3, 0.4) is 0 Å². The minimum atomic E-state index is -1.13. The van der Waals surface area contributed by atoms with Crippen LogP contribution >= 0.6 is 0 Å². The zero-order valence-electron chi connectivity index (χ0n) is 14.8. The molecule has 2 N–H and O–H groups in total. The van der Waals surface area contributed by atoms with Crippen molar-refractivity contribution < 1.29 is 9.53 Å². The van der Waals surface area contributed by atoms with E-state index in [-0.39, 0.29) is 5.70 Å². The number of benzene rings is 1. The van der Waals surface area contributed by atoms with Crippen LogP contribution < -0.4 is 5.73 Å². The van der Waals surface area contributed by atoms with Crippen molar-refractivity contribution in [3.63, 3.8) is 0 Å². The molecule has 0 saturated heterocycles. The van der Waals surface area contributed by atoms with Gasteiger partial charge in [0.2, 0.25) is 0 Å². The van der Waals surface area contributed by atoms with Gasteiger partial charge in [0.15, 0.2) is 0 Å². The molecule has 1 aromatic carbocycles. The molecular weight excluding hydrogens is 334 g/mol. The standard InChI is InChI=1S/C17H23N5O2Si/c1-25(2,3)9-8-24-12-22-11-13(10-15(17(18)23)20-21-19)14-6-4-5-7-16(14)22/h4-7,10-11H,8-9,12H2,1-3H3,(H2,18,23)/b15-10-. The fourth-order valence-corrected chi connectivity index (χ4v) is 3.14. The van der Waals surface area contributed by atoms with E-state index in [1.807, 2.05) is 35.0 Å². The molecule has 0 unspecified atom stereocenters. The van der Waals surface area contributed by atoms with Crippen LogP contribution in [0, 0.1) is 0 Å². The fraction of sp³-hybridized carbons (Fsp3) is 0.353. The number of para-hydroxylation sites is 1. The molecule has 0 aliphatic rings. The lowest BCUT2D eigenvalue weighted by Gasteiger charge is -2.15. The average Bonchev–Trinajstić information content (AvgIpc) is 2.88. The quantitative estimate of drug-likeness (QED) is 0.192. The predicted octanol–water partition coefficient (Wildman–Crippen LogP) is 4.09. The van der Waals surface area contributed by atoms with Crippen molar-refractivity contribution in [2.75, 3.05) is 6.61 Å². The van der Waals surface area contributed by atoms with Gasteiger partial charge in [-0.15, -0.1) is 0 Å². The van der Waals surface area contributed by atoms with Crippen molar-refractivity contribution in [3.05, 3.63) is 52.2 Å². The van der Waals surface area contributed by atoms with Gasteiger partial charge in [0.05, 0.1) is 5.52 Å². The van der Waals surface area contributed by atoms with Crippen molar-refractivity contribution in [2.24, 2.45) is 10.8 Å². The Hall–Kier alpha value is -2.54. The van der Waals surface area contributed by atoms with Crippen LogP contribution in [0.5, 0.6) is 0 Å². The molecule has 2 aromatic rings. The molecule has 1 aromatic heterocycles. The number of carbonyl (C=O) groups excluding carboxylic acids is 1. The predicted molar refractivity (Wildman–Crippen MR) is 102 cm³/mol. The molecule has 132 valence electrons. The second-order valence-electron chi connectivity index (χ2n) is 7.00. The lowest BCUT2D eigenvalue weighted by molar-refractivity contribution is -0.114. The second kappa shape index (κ2) is 8.02. The van der Waals surface area contributed by atoms with E-state index in [1.165, 1.54) is 6.08 Å². The number of ether oxygens (including phenoxy) is 1. The van der Waals surface area contributed by atoms with Crippen LogP contribution in [-0.4, -0.2) is 25.2 Å². The highest BCUT2D eigenvalue weighted by Gasteiger charge is 2.13. The van der Waals surface area contributed by atoms with Gasteiger partial charge in [-0.2, -0.15) is 0 Å². The molecule has 1 heterocycles. The van der Waals surface area contributed by atoms with Crippen LogP contribution in [0.15, 0.2) is 41.3 Å². The highest BCUT2D eigenvalue weighted by atomic mass is 28.3. The third kappa shape index (κ3) is 5.22. The first-order valence-corrected chi connectivity index (χ1v) is 11.7. The molecule has 0 fully saturated rings. The van der Waals surface area contributed by atoms with Crippen molar-refractivity contribution >= 4 is 31.0 Å². The monoisotopic (exact) mass is 357 g/mol. The number of azide groups is 1. The summed E-state index contributed by atoms with van der Waals surface area (Å²) in [6.07, 6.45) is 3.37. The summed E-state index contributed by atoms with van der Waals surface area (Å²) < 4.78 is 7.79. The first-order valence-electron chi connectivity index (χ1n) is 8.04. The first kappa shape index (κ1) is 18.8. The molecule has 2 rings (SSSR count). The van der Waals surface area contributed by atoms with Crippen molar-refractivity contribution in [3.8, 4) is 0 Å². The van der Waals surface area contributed by atoms with E-state index in [0.29, 0.717) is 6.73 Å².